The van der Waals surface area contributed by atoms with Crippen molar-refractivity contribution in [2.45, 2.75) is 19.4 Å². The van der Waals surface area contributed by atoms with Crippen LogP contribution in [0.2, 0.25) is 10.0 Å². The van der Waals surface area contributed by atoms with Gasteiger partial charge in [0, 0.05) is 6.54 Å². The zero-order chi connectivity index (χ0) is 13.3. The molecule has 1 aromatic carbocycles. The first-order valence-corrected chi connectivity index (χ1v) is 6.67. The van der Waals surface area contributed by atoms with E-state index in [0.29, 0.717) is 23.0 Å². The van der Waals surface area contributed by atoms with Gasteiger partial charge in [-0.05, 0) is 24.5 Å². The molecule has 2 rings (SSSR count). The van der Waals surface area contributed by atoms with Crippen LogP contribution in [0.4, 0.5) is 0 Å². The second-order valence-corrected chi connectivity index (χ2v) is 5.40. The monoisotopic (exact) mass is 287 g/mol. The van der Waals surface area contributed by atoms with E-state index in [0.717, 1.165) is 6.42 Å². The van der Waals surface area contributed by atoms with Gasteiger partial charge in [0.2, 0.25) is 0 Å². The first-order chi connectivity index (χ1) is 8.56. The van der Waals surface area contributed by atoms with Gasteiger partial charge in [0.05, 0.1) is 28.3 Å². The molecule has 2 atom stereocenters. The van der Waals surface area contributed by atoms with E-state index >= 15 is 0 Å². The lowest BCUT2D eigenvalue weighted by atomic mass is 10.0. The summed E-state index contributed by atoms with van der Waals surface area (Å²) in [4.78, 5) is 14.1. The smallest absolute Gasteiger partial charge is 0.255 e. The van der Waals surface area contributed by atoms with Crippen LogP contribution in [0, 0.1) is 5.92 Å². The number of hydrogen-bond donors (Lipinski definition) is 1. The Balaban J connectivity index is 2.29. The molecule has 1 aliphatic heterocycles. The molecule has 1 amide bonds. The molecular formula is C13H15Cl2NO2. The van der Waals surface area contributed by atoms with Crippen LogP contribution >= 0.6 is 23.2 Å². The van der Waals surface area contributed by atoms with Crippen molar-refractivity contribution in [1.82, 2.24) is 4.90 Å². The fraction of sp³-hybridized carbons (Fsp3) is 0.462. The molecule has 1 fully saturated rings. The van der Waals surface area contributed by atoms with Gasteiger partial charge in [0.15, 0.2) is 0 Å². The fourth-order valence-corrected chi connectivity index (χ4v) is 2.74. The maximum Gasteiger partial charge on any atom is 0.255 e. The molecule has 0 aromatic heterocycles. The minimum Gasteiger partial charge on any atom is -0.394 e. The molecule has 3 nitrogen and oxygen atoms in total. The standard InChI is InChI=1S/C13H15Cl2NO2/c1-8-5-6-16(11(8)7-17)13(18)9-3-2-4-10(14)12(9)15/h2-4,8,11,17H,5-7H2,1H3. The van der Waals surface area contributed by atoms with Crippen LogP contribution in [0.15, 0.2) is 18.2 Å². The van der Waals surface area contributed by atoms with Crippen LogP contribution < -0.4 is 0 Å². The highest BCUT2D eigenvalue weighted by Crippen LogP contribution is 2.30. The summed E-state index contributed by atoms with van der Waals surface area (Å²) in [7, 11) is 0. The van der Waals surface area contributed by atoms with E-state index in [1.807, 2.05) is 6.92 Å². The van der Waals surface area contributed by atoms with E-state index in [9.17, 15) is 9.90 Å². The van der Waals surface area contributed by atoms with Gasteiger partial charge in [-0.25, -0.2) is 0 Å². The lowest BCUT2D eigenvalue weighted by Crippen LogP contribution is -2.39. The molecule has 1 aromatic rings. The Labute approximate surface area is 116 Å². The van der Waals surface area contributed by atoms with Gasteiger partial charge in [0.1, 0.15) is 0 Å². The summed E-state index contributed by atoms with van der Waals surface area (Å²) in [5.41, 5.74) is 0.400. The number of rotatable bonds is 2. The summed E-state index contributed by atoms with van der Waals surface area (Å²) >= 11 is 12.0. The van der Waals surface area contributed by atoms with E-state index in [1.54, 1.807) is 23.1 Å². The lowest BCUT2D eigenvalue weighted by molar-refractivity contribution is 0.0648. The molecule has 0 saturated carbocycles. The summed E-state index contributed by atoms with van der Waals surface area (Å²) in [5.74, 6) is 0.141. The molecule has 18 heavy (non-hydrogen) atoms. The number of benzene rings is 1. The zero-order valence-corrected chi connectivity index (χ0v) is 11.6. The Hall–Kier alpha value is -0.770. The topological polar surface area (TPSA) is 40.5 Å². The molecule has 98 valence electrons. The van der Waals surface area contributed by atoms with E-state index in [2.05, 4.69) is 0 Å². The SMILES string of the molecule is CC1CCN(C(=O)c2cccc(Cl)c2Cl)C1CO. The molecule has 2 unspecified atom stereocenters. The Morgan fingerprint density at radius 2 is 2.22 bits per heavy atom. The Kier molecular flexibility index (Phi) is 4.15. The Morgan fingerprint density at radius 1 is 1.50 bits per heavy atom. The third kappa shape index (κ3) is 2.35. The van der Waals surface area contributed by atoms with Crippen molar-refractivity contribution in [3.8, 4) is 0 Å². The average molecular weight is 288 g/mol. The van der Waals surface area contributed by atoms with Crippen molar-refractivity contribution >= 4 is 29.1 Å². The third-order valence-corrected chi connectivity index (χ3v) is 4.33. The van der Waals surface area contributed by atoms with E-state index in [4.69, 9.17) is 23.2 Å². The summed E-state index contributed by atoms with van der Waals surface area (Å²) in [6.45, 7) is 2.66. The second kappa shape index (κ2) is 5.47. The molecule has 5 heteroatoms. The first kappa shape index (κ1) is 13.7. The average Bonchev–Trinajstić information content (AvgIpc) is 2.73. The van der Waals surface area contributed by atoms with E-state index in [1.165, 1.54) is 0 Å². The number of halogens is 2. The Morgan fingerprint density at radius 3 is 2.89 bits per heavy atom. The van der Waals surface area contributed by atoms with Gasteiger partial charge < -0.3 is 10.0 Å². The van der Waals surface area contributed by atoms with E-state index < -0.39 is 0 Å². The maximum atomic E-state index is 12.4. The van der Waals surface area contributed by atoms with Crippen molar-refractivity contribution < 1.29 is 9.90 Å². The highest BCUT2D eigenvalue weighted by atomic mass is 35.5. The van der Waals surface area contributed by atoms with Crippen LogP contribution in [0.25, 0.3) is 0 Å². The van der Waals surface area contributed by atoms with Crippen LogP contribution in [0.5, 0.6) is 0 Å². The van der Waals surface area contributed by atoms with Crippen LogP contribution in [-0.4, -0.2) is 35.1 Å². The molecule has 1 heterocycles. The molecule has 1 aliphatic rings. The molecule has 1 N–H and O–H groups in total. The van der Waals surface area contributed by atoms with Crippen LogP contribution in [-0.2, 0) is 0 Å². The van der Waals surface area contributed by atoms with Gasteiger partial charge >= 0.3 is 0 Å². The molecule has 0 spiro atoms. The van der Waals surface area contributed by atoms with E-state index in [-0.39, 0.29) is 23.6 Å². The van der Waals surface area contributed by atoms with Crippen molar-refractivity contribution in [3.63, 3.8) is 0 Å². The Bertz CT molecular complexity index is 464. The highest BCUT2D eigenvalue weighted by molar-refractivity contribution is 6.43. The largest absolute Gasteiger partial charge is 0.394 e. The van der Waals surface area contributed by atoms with Gasteiger partial charge in [-0.15, -0.1) is 0 Å². The zero-order valence-electron chi connectivity index (χ0n) is 10.1. The number of amides is 1. The molecule has 1 saturated heterocycles. The third-order valence-electron chi connectivity index (χ3n) is 3.51. The fourth-order valence-electron chi connectivity index (χ4n) is 2.36. The van der Waals surface area contributed by atoms with Crippen molar-refractivity contribution in [3.05, 3.63) is 33.8 Å². The molecule has 0 bridgehead atoms. The maximum absolute atomic E-state index is 12.4. The van der Waals surface area contributed by atoms with Gasteiger partial charge in [-0.2, -0.15) is 0 Å². The molecule has 0 radical (unpaired) electrons. The number of likely N-dealkylation sites (tertiary alicyclic amines) is 1. The number of aliphatic hydroxyl groups is 1. The summed E-state index contributed by atoms with van der Waals surface area (Å²) in [6, 6.07) is 4.88. The molecular weight excluding hydrogens is 273 g/mol. The predicted octanol–water partition coefficient (Wildman–Crippen LogP) is 2.84. The minimum atomic E-state index is -0.161. The second-order valence-electron chi connectivity index (χ2n) is 4.62. The quantitative estimate of drug-likeness (QED) is 0.909. The van der Waals surface area contributed by atoms with Gasteiger partial charge in [-0.3, -0.25) is 4.79 Å². The molecule has 0 aliphatic carbocycles. The number of carbonyl (C=O) groups excluding carboxylic acids is 1. The highest BCUT2D eigenvalue weighted by Gasteiger charge is 2.35. The van der Waals surface area contributed by atoms with Gasteiger partial charge in [-0.1, -0.05) is 36.2 Å². The number of aliphatic hydroxyl groups excluding tert-OH is 1. The normalized spacial score (nSPS) is 23.4. The predicted molar refractivity (Wildman–Crippen MR) is 72.2 cm³/mol. The van der Waals surface area contributed by atoms with Crippen LogP contribution in [0.3, 0.4) is 0 Å². The van der Waals surface area contributed by atoms with Crippen molar-refractivity contribution in [2.24, 2.45) is 5.92 Å². The summed E-state index contributed by atoms with van der Waals surface area (Å²) in [5, 5.41) is 10.0. The number of hydrogen-bond acceptors (Lipinski definition) is 2. The summed E-state index contributed by atoms with van der Waals surface area (Å²) < 4.78 is 0. The number of nitrogens with zero attached hydrogens (tertiary/aromatic N) is 1. The van der Waals surface area contributed by atoms with Gasteiger partial charge in [0.25, 0.3) is 5.91 Å². The first-order valence-electron chi connectivity index (χ1n) is 5.92. The number of carbonyl (C=O) groups is 1. The lowest BCUT2D eigenvalue weighted by Gasteiger charge is -2.25. The minimum absolute atomic E-state index is 0.0227. The van der Waals surface area contributed by atoms with Crippen molar-refractivity contribution in [2.75, 3.05) is 13.2 Å². The summed E-state index contributed by atoms with van der Waals surface area (Å²) in [6.07, 6.45) is 0.898. The van der Waals surface area contributed by atoms with Crippen molar-refractivity contribution in [1.29, 1.82) is 0 Å². The van der Waals surface area contributed by atoms with Crippen LogP contribution in [0.1, 0.15) is 23.7 Å².